The molecule has 0 amide bonds. The molecule has 1 aromatic carbocycles. The van der Waals surface area contributed by atoms with Crippen LogP contribution >= 0.6 is 0 Å². The molecular formula is C8H9BO5. The predicted octanol–water partition coefficient (Wildman–Crippen LogP) is -1.14. The molecule has 0 saturated heterocycles. The summed E-state index contributed by atoms with van der Waals surface area (Å²) in [6, 6.07) is 4.04. The first kappa shape index (κ1) is 10.6. The fourth-order valence-electron chi connectivity index (χ4n) is 1.04. The van der Waals surface area contributed by atoms with Gasteiger partial charge in [0.1, 0.15) is 11.3 Å². The Labute approximate surface area is 80.7 Å². The van der Waals surface area contributed by atoms with E-state index in [9.17, 15) is 9.90 Å². The number of ether oxygens (including phenoxy) is 1. The summed E-state index contributed by atoms with van der Waals surface area (Å²) >= 11 is 0. The molecule has 0 saturated carbocycles. The molecule has 6 heteroatoms. The van der Waals surface area contributed by atoms with Gasteiger partial charge in [0, 0.05) is 5.46 Å². The summed E-state index contributed by atoms with van der Waals surface area (Å²) in [5, 5.41) is 27.1. The van der Waals surface area contributed by atoms with Crippen LogP contribution in [0.3, 0.4) is 0 Å². The number of para-hydroxylation sites is 1. The van der Waals surface area contributed by atoms with Gasteiger partial charge in [0.25, 0.3) is 0 Å². The zero-order valence-electron chi connectivity index (χ0n) is 7.47. The van der Waals surface area contributed by atoms with Crippen LogP contribution < -0.4 is 5.46 Å². The lowest BCUT2D eigenvalue weighted by molar-refractivity contribution is 0.0597. The van der Waals surface area contributed by atoms with E-state index in [1.54, 1.807) is 0 Å². The molecule has 1 rings (SSSR count). The maximum Gasteiger partial charge on any atom is 0.492 e. The fourth-order valence-corrected chi connectivity index (χ4v) is 1.04. The monoisotopic (exact) mass is 196 g/mol. The highest BCUT2D eigenvalue weighted by Gasteiger charge is 2.21. The molecule has 14 heavy (non-hydrogen) atoms. The van der Waals surface area contributed by atoms with Crippen molar-refractivity contribution in [3.8, 4) is 5.75 Å². The smallest absolute Gasteiger partial charge is 0.492 e. The van der Waals surface area contributed by atoms with Crippen molar-refractivity contribution >= 4 is 18.6 Å². The van der Waals surface area contributed by atoms with E-state index in [0.717, 1.165) is 0 Å². The number of hydrogen-bond donors (Lipinski definition) is 3. The van der Waals surface area contributed by atoms with Crippen LogP contribution in [0.2, 0.25) is 0 Å². The number of phenols is 1. The van der Waals surface area contributed by atoms with Crippen molar-refractivity contribution in [2.24, 2.45) is 0 Å². The minimum atomic E-state index is -1.82. The zero-order valence-corrected chi connectivity index (χ0v) is 7.47. The first-order valence-electron chi connectivity index (χ1n) is 3.84. The average molecular weight is 196 g/mol. The maximum atomic E-state index is 11.1. The topological polar surface area (TPSA) is 87.0 Å². The van der Waals surface area contributed by atoms with E-state index >= 15 is 0 Å². The third-order valence-corrected chi connectivity index (χ3v) is 1.75. The van der Waals surface area contributed by atoms with E-state index in [2.05, 4.69) is 4.74 Å². The summed E-state index contributed by atoms with van der Waals surface area (Å²) in [4.78, 5) is 11.1. The predicted molar refractivity (Wildman–Crippen MR) is 49.3 cm³/mol. The molecule has 1 aromatic rings. The molecule has 0 aliphatic carbocycles. The van der Waals surface area contributed by atoms with Gasteiger partial charge >= 0.3 is 13.1 Å². The van der Waals surface area contributed by atoms with E-state index in [0.29, 0.717) is 0 Å². The quantitative estimate of drug-likeness (QED) is 0.411. The molecule has 0 aliphatic rings. The second-order valence-electron chi connectivity index (χ2n) is 2.61. The molecule has 0 heterocycles. The van der Waals surface area contributed by atoms with E-state index in [1.807, 2.05) is 0 Å². The van der Waals surface area contributed by atoms with Gasteiger partial charge in [-0.25, -0.2) is 4.79 Å². The number of methoxy groups -OCH3 is 1. The zero-order chi connectivity index (χ0) is 10.7. The maximum absolute atomic E-state index is 11.1. The van der Waals surface area contributed by atoms with E-state index in [4.69, 9.17) is 10.0 Å². The van der Waals surface area contributed by atoms with Crippen LogP contribution in [0.5, 0.6) is 5.75 Å². The SMILES string of the molecule is COC(=O)c1cccc(B(O)O)c1O. The van der Waals surface area contributed by atoms with E-state index < -0.39 is 18.8 Å². The van der Waals surface area contributed by atoms with Gasteiger partial charge in [-0.15, -0.1) is 0 Å². The van der Waals surface area contributed by atoms with Gasteiger partial charge < -0.3 is 19.9 Å². The number of aromatic hydroxyl groups is 1. The van der Waals surface area contributed by atoms with Gasteiger partial charge in [0.2, 0.25) is 0 Å². The summed E-state index contributed by atoms with van der Waals surface area (Å²) in [5.74, 6) is -1.21. The van der Waals surface area contributed by atoms with Crippen molar-refractivity contribution < 1.29 is 24.7 Å². The molecule has 0 radical (unpaired) electrons. The Morgan fingerprint density at radius 3 is 2.57 bits per heavy atom. The van der Waals surface area contributed by atoms with Crippen molar-refractivity contribution in [2.45, 2.75) is 0 Å². The van der Waals surface area contributed by atoms with Crippen molar-refractivity contribution in [3.05, 3.63) is 23.8 Å². The average Bonchev–Trinajstić information content (AvgIpc) is 2.16. The van der Waals surface area contributed by atoms with Crippen LogP contribution in [0.4, 0.5) is 0 Å². The van der Waals surface area contributed by atoms with Crippen LogP contribution in [0, 0.1) is 0 Å². The largest absolute Gasteiger partial charge is 0.507 e. The highest BCUT2D eigenvalue weighted by Crippen LogP contribution is 2.14. The molecular weight excluding hydrogens is 187 g/mol. The molecule has 0 aliphatic heterocycles. The van der Waals surface area contributed by atoms with Crippen LogP contribution in [0.15, 0.2) is 18.2 Å². The number of phenolic OH excluding ortho intramolecular Hbond substituents is 1. The summed E-state index contributed by atoms with van der Waals surface area (Å²) in [5.41, 5.74) is -0.231. The molecule has 74 valence electrons. The molecule has 5 nitrogen and oxygen atoms in total. The Morgan fingerprint density at radius 1 is 1.43 bits per heavy atom. The fraction of sp³-hybridized carbons (Fsp3) is 0.125. The Bertz CT molecular complexity index is 350. The molecule has 0 fully saturated rings. The number of esters is 1. The van der Waals surface area contributed by atoms with Gasteiger partial charge in [-0.1, -0.05) is 12.1 Å². The lowest BCUT2D eigenvalue weighted by Gasteiger charge is -2.06. The Balaban J connectivity index is 3.20. The van der Waals surface area contributed by atoms with Gasteiger partial charge in [-0.05, 0) is 6.07 Å². The van der Waals surface area contributed by atoms with Crippen molar-refractivity contribution in [1.82, 2.24) is 0 Å². The standard InChI is InChI=1S/C8H9BO5/c1-14-8(11)5-3-2-4-6(7(5)10)9(12)13/h2-4,10,12-13H,1H3. The second kappa shape index (κ2) is 4.12. The lowest BCUT2D eigenvalue weighted by Crippen LogP contribution is -2.30. The number of benzene rings is 1. The third kappa shape index (κ3) is 1.86. The molecule has 0 atom stereocenters. The lowest BCUT2D eigenvalue weighted by atomic mass is 9.78. The van der Waals surface area contributed by atoms with Crippen molar-refractivity contribution in [2.75, 3.05) is 7.11 Å². The Morgan fingerprint density at radius 2 is 2.07 bits per heavy atom. The number of carbonyl (C=O) groups excluding carboxylic acids is 1. The summed E-state index contributed by atoms with van der Waals surface area (Å²) in [6.07, 6.45) is 0. The molecule has 0 bridgehead atoms. The number of hydrogen-bond acceptors (Lipinski definition) is 5. The van der Waals surface area contributed by atoms with Gasteiger partial charge in [-0.2, -0.15) is 0 Å². The Hall–Kier alpha value is -1.53. The van der Waals surface area contributed by atoms with Crippen LogP contribution in [-0.4, -0.2) is 35.4 Å². The Kier molecular flexibility index (Phi) is 3.11. The molecule has 0 aromatic heterocycles. The number of rotatable bonds is 2. The minimum absolute atomic E-state index is 0.0990. The van der Waals surface area contributed by atoms with E-state index in [1.165, 1.54) is 25.3 Å². The van der Waals surface area contributed by atoms with Gasteiger partial charge in [0.05, 0.1) is 7.11 Å². The van der Waals surface area contributed by atoms with Crippen molar-refractivity contribution in [3.63, 3.8) is 0 Å². The van der Waals surface area contributed by atoms with Crippen LogP contribution in [0.25, 0.3) is 0 Å². The third-order valence-electron chi connectivity index (χ3n) is 1.75. The van der Waals surface area contributed by atoms with Gasteiger partial charge in [-0.3, -0.25) is 0 Å². The minimum Gasteiger partial charge on any atom is -0.507 e. The first-order chi connectivity index (χ1) is 6.57. The van der Waals surface area contributed by atoms with Crippen molar-refractivity contribution in [1.29, 1.82) is 0 Å². The molecule has 0 spiro atoms. The first-order valence-corrected chi connectivity index (χ1v) is 3.84. The molecule has 3 N–H and O–H groups in total. The van der Waals surface area contributed by atoms with E-state index in [-0.39, 0.29) is 11.0 Å². The highest BCUT2D eigenvalue weighted by molar-refractivity contribution is 6.59. The van der Waals surface area contributed by atoms with Gasteiger partial charge in [0.15, 0.2) is 0 Å². The van der Waals surface area contributed by atoms with Crippen LogP contribution in [0.1, 0.15) is 10.4 Å². The molecule has 0 unspecified atom stereocenters. The second-order valence-corrected chi connectivity index (χ2v) is 2.61. The van der Waals surface area contributed by atoms with Crippen LogP contribution in [-0.2, 0) is 4.74 Å². The highest BCUT2D eigenvalue weighted by atomic mass is 16.5. The normalized spacial score (nSPS) is 9.64. The summed E-state index contributed by atoms with van der Waals surface area (Å²) in [7, 11) is -0.649. The summed E-state index contributed by atoms with van der Waals surface area (Å²) < 4.78 is 4.39. The number of carbonyl (C=O) groups is 1. The summed E-state index contributed by atoms with van der Waals surface area (Å²) in [6.45, 7) is 0.